The van der Waals surface area contributed by atoms with Crippen molar-refractivity contribution in [1.82, 2.24) is 0 Å². The van der Waals surface area contributed by atoms with Crippen molar-refractivity contribution in [3.63, 3.8) is 0 Å². The molecule has 0 radical (unpaired) electrons. The maximum Gasteiger partial charge on any atom is 0.311 e. The van der Waals surface area contributed by atoms with Gasteiger partial charge >= 0.3 is 5.69 Å². The minimum atomic E-state index is -0.565. The molecule has 1 aromatic rings. The van der Waals surface area contributed by atoms with Gasteiger partial charge in [-0.1, -0.05) is 6.07 Å². The second-order valence-corrected chi connectivity index (χ2v) is 4.39. The van der Waals surface area contributed by atoms with Crippen LogP contribution in [-0.2, 0) is 4.74 Å². The van der Waals surface area contributed by atoms with Gasteiger partial charge in [-0.25, -0.2) is 0 Å². The summed E-state index contributed by atoms with van der Waals surface area (Å²) in [6.45, 7) is 1.78. The van der Waals surface area contributed by atoms with Gasteiger partial charge in [0.2, 0.25) is 0 Å². The van der Waals surface area contributed by atoms with Crippen LogP contribution in [0.1, 0.15) is 12.0 Å². The Hall–Kier alpha value is -1.66. The number of methoxy groups -OCH3 is 1. The number of nitrogens with zero attached hydrogens (tertiary/aromatic N) is 1. The zero-order valence-corrected chi connectivity index (χ0v) is 10.2. The Morgan fingerprint density at radius 3 is 2.78 bits per heavy atom. The lowest BCUT2D eigenvalue weighted by atomic mass is 9.88. The number of hydrogen-bond acceptors (Lipinski definition) is 5. The van der Waals surface area contributed by atoms with Crippen LogP contribution in [0.2, 0.25) is 0 Å². The van der Waals surface area contributed by atoms with E-state index in [1.165, 1.54) is 13.2 Å². The first-order chi connectivity index (χ1) is 8.52. The second kappa shape index (κ2) is 4.91. The second-order valence-electron chi connectivity index (χ2n) is 4.39. The van der Waals surface area contributed by atoms with Crippen molar-refractivity contribution in [3.8, 4) is 5.75 Å². The lowest BCUT2D eigenvalue weighted by Crippen LogP contribution is -2.54. The monoisotopic (exact) mass is 253 g/mol. The molecule has 0 heterocycles. The average molecular weight is 253 g/mol. The lowest BCUT2D eigenvalue weighted by molar-refractivity contribution is -0.386. The van der Waals surface area contributed by atoms with E-state index in [0.29, 0.717) is 6.42 Å². The minimum Gasteiger partial charge on any atom is -0.481 e. The van der Waals surface area contributed by atoms with E-state index in [0.717, 1.165) is 5.56 Å². The van der Waals surface area contributed by atoms with Crippen molar-refractivity contribution < 1.29 is 19.5 Å². The molecule has 1 N–H and O–H groups in total. The third-order valence-corrected chi connectivity index (χ3v) is 3.08. The van der Waals surface area contributed by atoms with Crippen molar-refractivity contribution in [2.45, 2.75) is 31.7 Å². The Morgan fingerprint density at radius 1 is 1.50 bits per heavy atom. The summed E-state index contributed by atoms with van der Waals surface area (Å²) in [7, 11) is 1.48. The van der Waals surface area contributed by atoms with Gasteiger partial charge in [0.1, 0.15) is 12.2 Å². The third-order valence-electron chi connectivity index (χ3n) is 3.08. The van der Waals surface area contributed by atoms with Crippen LogP contribution < -0.4 is 4.74 Å². The van der Waals surface area contributed by atoms with E-state index < -0.39 is 17.1 Å². The maximum absolute atomic E-state index is 10.9. The molecular formula is C12H15NO5. The first-order valence-electron chi connectivity index (χ1n) is 5.65. The number of nitro groups is 1. The van der Waals surface area contributed by atoms with E-state index in [1.807, 2.05) is 0 Å². The SMILES string of the molecule is COC1C(O)CC1Oc1ccc(C)cc1[N+](=O)[O-]. The molecular weight excluding hydrogens is 238 g/mol. The van der Waals surface area contributed by atoms with Crippen LogP contribution in [0, 0.1) is 17.0 Å². The average Bonchev–Trinajstić information content (AvgIpc) is 2.30. The van der Waals surface area contributed by atoms with Gasteiger partial charge in [0.05, 0.1) is 11.0 Å². The highest BCUT2D eigenvalue weighted by Crippen LogP contribution is 2.34. The smallest absolute Gasteiger partial charge is 0.311 e. The number of ether oxygens (including phenoxy) is 2. The van der Waals surface area contributed by atoms with Crippen LogP contribution in [0.3, 0.4) is 0 Å². The fourth-order valence-corrected chi connectivity index (χ4v) is 2.02. The van der Waals surface area contributed by atoms with Crippen LogP contribution in [0.25, 0.3) is 0 Å². The van der Waals surface area contributed by atoms with Crippen molar-refractivity contribution in [2.24, 2.45) is 0 Å². The highest BCUT2D eigenvalue weighted by Gasteiger charge is 2.43. The highest BCUT2D eigenvalue weighted by atomic mass is 16.6. The highest BCUT2D eigenvalue weighted by molar-refractivity contribution is 5.48. The fraction of sp³-hybridized carbons (Fsp3) is 0.500. The van der Waals surface area contributed by atoms with Gasteiger partial charge < -0.3 is 14.6 Å². The summed E-state index contributed by atoms with van der Waals surface area (Å²) in [6.07, 6.45) is -0.911. The largest absolute Gasteiger partial charge is 0.481 e. The van der Waals surface area contributed by atoms with E-state index in [2.05, 4.69) is 0 Å². The van der Waals surface area contributed by atoms with Crippen LogP contribution >= 0.6 is 0 Å². The molecule has 1 aliphatic carbocycles. The Balaban J connectivity index is 2.17. The first-order valence-corrected chi connectivity index (χ1v) is 5.65. The number of aliphatic hydroxyl groups is 1. The van der Waals surface area contributed by atoms with E-state index in [4.69, 9.17) is 9.47 Å². The van der Waals surface area contributed by atoms with Gasteiger partial charge in [-0.2, -0.15) is 0 Å². The van der Waals surface area contributed by atoms with Gasteiger partial charge in [0, 0.05) is 19.6 Å². The summed E-state index contributed by atoms with van der Waals surface area (Å²) in [5, 5.41) is 20.4. The van der Waals surface area contributed by atoms with E-state index in [-0.39, 0.29) is 17.5 Å². The van der Waals surface area contributed by atoms with Gasteiger partial charge in [-0.15, -0.1) is 0 Å². The number of aryl methyl sites for hydroxylation is 1. The van der Waals surface area contributed by atoms with E-state index in [9.17, 15) is 15.2 Å². The zero-order valence-electron chi connectivity index (χ0n) is 10.2. The molecule has 1 aromatic carbocycles. The lowest BCUT2D eigenvalue weighted by Gasteiger charge is -2.39. The Morgan fingerprint density at radius 2 is 2.22 bits per heavy atom. The summed E-state index contributed by atoms with van der Waals surface area (Å²) < 4.78 is 10.6. The van der Waals surface area contributed by atoms with E-state index >= 15 is 0 Å². The van der Waals surface area contributed by atoms with Crippen molar-refractivity contribution in [3.05, 3.63) is 33.9 Å². The molecule has 0 bridgehead atoms. The topological polar surface area (TPSA) is 81.8 Å². The van der Waals surface area contributed by atoms with Gasteiger partial charge in [0.15, 0.2) is 5.75 Å². The van der Waals surface area contributed by atoms with Gasteiger partial charge in [0.25, 0.3) is 0 Å². The molecule has 1 saturated carbocycles. The van der Waals surface area contributed by atoms with Crippen molar-refractivity contribution in [2.75, 3.05) is 7.11 Å². The predicted molar refractivity (Wildman–Crippen MR) is 63.7 cm³/mol. The molecule has 6 nitrogen and oxygen atoms in total. The number of aliphatic hydroxyl groups excluding tert-OH is 1. The molecule has 3 unspecified atom stereocenters. The van der Waals surface area contributed by atoms with Gasteiger partial charge in [-0.05, 0) is 18.6 Å². The van der Waals surface area contributed by atoms with Crippen LogP contribution in [0.5, 0.6) is 5.75 Å². The molecule has 3 atom stereocenters. The Labute approximate surface area is 104 Å². The molecule has 98 valence electrons. The molecule has 0 aromatic heterocycles. The summed E-state index contributed by atoms with van der Waals surface area (Å²) >= 11 is 0. The molecule has 1 fully saturated rings. The fourth-order valence-electron chi connectivity index (χ4n) is 2.02. The molecule has 0 saturated heterocycles. The zero-order chi connectivity index (χ0) is 13.3. The summed E-state index contributed by atoms with van der Waals surface area (Å²) in [5.74, 6) is 0.213. The normalized spacial score (nSPS) is 26.5. The predicted octanol–water partition coefficient (Wildman–Crippen LogP) is 1.43. The molecule has 0 amide bonds. The molecule has 0 spiro atoms. The third kappa shape index (κ3) is 2.30. The molecule has 6 heteroatoms. The maximum atomic E-state index is 10.9. The number of benzene rings is 1. The van der Waals surface area contributed by atoms with Crippen molar-refractivity contribution in [1.29, 1.82) is 0 Å². The number of nitro benzene ring substituents is 1. The Kier molecular flexibility index (Phi) is 3.49. The van der Waals surface area contributed by atoms with Crippen molar-refractivity contribution >= 4 is 5.69 Å². The summed E-state index contributed by atoms with van der Waals surface area (Å²) in [6, 6.07) is 4.79. The quantitative estimate of drug-likeness (QED) is 0.648. The number of rotatable bonds is 4. The van der Waals surface area contributed by atoms with Crippen LogP contribution in [0.4, 0.5) is 5.69 Å². The van der Waals surface area contributed by atoms with E-state index in [1.54, 1.807) is 19.1 Å². The molecule has 18 heavy (non-hydrogen) atoms. The summed E-state index contributed by atoms with van der Waals surface area (Å²) in [4.78, 5) is 10.4. The van der Waals surface area contributed by atoms with Gasteiger partial charge in [-0.3, -0.25) is 10.1 Å². The molecule has 1 aliphatic rings. The van der Waals surface area contributed by atoms with Crippen LogP contribution in [-0.4, -0.2) is 35.5 Å². The molecule has 0 aliphatic heterocycles. The molecule has 2 rings (SSSR count). The summed E-state index contributed by atoms with van der Waals surface area (Å²) in [5.41, 5.74) is 0.734. The minimum absolute atomic E-state index is 0.0637. The standard InChI is InChI=1S/C12H15NO5/c1-7-3-4-10(8(5-7)13(15)16)18-11-6-9(14)12(11)17-2/h3-5,9,11-12,14H,6H2,1-2H3. The number of hydrogen-bond donors (Lipinski definition) is 1. The Bertz CT molecular complexity index is 462. The van der Waals surface area contributed by atoms with Crippen LogP contribution in [0.15, 0.2) is 18.2 Å². The first kappa shape index (κ1) is 12.8.